The molecule has 0 aromatic heterocycles. The van der Waals surface area contributed by atoms with Crippen LogP contribution in [0.1, 0.15) is 25.0 Å². The van der Waals surface area contributed by atoms with E-state index in [4.69, 9.17) is 0 Å². The van der Waals surface area contributed by atoms with Crippen molar-refractivity contribution in [2.24, 2.45) is 0 Å². The number of likely N-dealkylation sites (N-methyl/N-ethyl adjacent to an activating group) is 1. The largest absolute Gasteiger partial charge is 0.383 e. The van der Waals surface area contributed by atoms with Gasteiger partial charge >= 0.3 is 0 Å². The summed E-state index contributed by atoms with van der Waals surface area (Å²) < 4.78 is 0.676. The van der Waals surface area contributed by atoms with Gasteiger partial charge in [0.05, 0.1) is 0 Å². The second kappa shape index (κ2) is 10.4. The van der Waals surface area contributed by atoms with Crippen molar-refractivity contribution in [1.29, 1.82) is 0 Å². The molecule has 3 aromatic rings. The van der Waals surface area contributed by atoms with Crippen LogP contribution in [-0.4, -0.2) is 31.5 Å². The van der Waals surface area contributed by atoms with Crippen LogP contribution < -0.4 is 10.6 Å². The zero-order valence-electron chi connectivity index (χ0n) is 16.5. The number of hydrogen-bond donors (Lipinski definition) is 3. The van der Waals surface area contributed by atoms with Gasteiger partial charge in [0.25, 0.3) is 0 Å². The molecule has 0 radical (unpaired) electrons. The Morgan fingerprint density at radius 2 is 1.71 bits per heavy atom. The van der Waals surface area contributed by atoms with E-state index in [0.717, 1.165) is 23.0 Å². The number of benzene rings is 3. The normalized spacial score (nSPS) is 12.6. The van der Waals surface area contributed by atoms with Crippen LogP contribution in [0.4, 0.5) is 5.69 Å². The maximum atomic E-state index is 12.1. The number of hydrogen-bond acceptors (Lipinski definition) is 4. The van der Waals surface area contributed by atoms with E-state index in [9.17, 15) is 9.90 Å². The highest BCUT2D eigenvalue weighted by Crippen LogP contribution is 2.39. The minimum absolute atomic E-state index is 0.515. The third-order valence-electron chi connectivity index (χ3n) is 4.45. The molecule has 1 unspecified atom stereocenters. The van der Waals surface area contributed by atoms with Gasteiger partial charge in [0, 0.05) is 28.8 Å². The number of aldehydes is 1. The zero-order chi connectivity index (χ0) is 20.6. The third kappa shape index (κ3) is 4.61. The first-order chi connectivity index (χ1) is 13.6. The molecule has 3 rings (SSSR count). The average Bonchev–Trinajstić information content (AvgIpc) is 2.74. The van der Waals surface area contributed by atoms with Gasteiger partial charge in [-0.15, -0.1) is 0 Å². The predicted octanol–water partition coefficient (Wildman–Crippen LogP) is 4.69. The molecule has 3 aromatic carbocycles. The second-order valence-corrected chi connectivity index (χ2v) is 6.99. The van der Waals surface area contributed by atoms with E-state index in [2.05, 4.69) is 26.6 Å². The SMILES string of the molecule is CC.CNCCNc1cccc(Br)c1C(O)(C=O)c1ccc2ccccc2c1. The first-order valence-electron chi connectivity index (χ1n) is 9.45. The number of anilines is 1. The van der Waals surface area contributed by atoms with Crippen molar-refractivity contribution >= 4 is 38.7 Å². The maximum Gasteiger partial charge on any atom is 0.173 e. The molecular formula is C23H27BrN2O2. The van der Waals surface area contributed by atoms with Gasteiger partial charge in [-0.05, 0) is 41.6 Å². The van der Waals surface area contributed by atoms with Gasteiger partial charge in [-0.1, -0.05) is 72.2 Å². The summed E-state index contributed by atoms with van der Waals surface area (Å²) in [5.41, 5.74) is 0.0140. The molecule has 0 heterocycles. The fourth-order valence-corrected chi connectivity index (χ4v) is 3.75. The van der Waals surface area contributed by atoms with Gasteiger partial charge in [-0.2, -0.15) is 0 Å². The van der Waals surface area contributed by atoms with Crippen LogP contribution >= 0.6 is 15.9 Å². The van der Waals surface area contributed by atoms with E-state index < -0.39 is 5.60 Å². The molecule has 148 valence electrons. The molecule has 0 aliphatic rings. The lowest BCUT2D eigenvalue weighted by molar-refractivity contribution is -0.121. The van der Waals surface area contributed by atoms with E-state index in [-0.39, 0.29) is 0 Å². The molecule has 4 nitrogen and oxygen atoms in total. The van der Waals surface area contributed by atoms with E-state index in [1.165, 1.54) is 0 Å². The molecule has 5 heteroatoms. The van der Waals surface area contributed by atoms with Crippen molar-refractivity contribution in [2.45, 2.75) is 19.4 Å². The highest BCUT2D eigenvalue weighted by atomic mass is 79.9. The van der Waals surface area contributed by atoms with Crippen LogP contribution in [0, 0.1) is 0 Å². The highest BCUT2D eigenvalue weighted by Gasteiger charge is 2.35. The zero-order valence-corrected chi connectivity index (χ0v) is 18.1. The van der Waals surface area contributed by atoms with Crippen molar-refractivity contribution < 1.29 is 9.90 Å². The van der Waals surface area contributed by atoms with Crippen molar-refractivity contribution in [1.82, 2.24) is 5.32 Å². The van der Waals surface area contributed by atoms with Gasteiger partial charge < -0.3 is 15.7 Å². The summed E-state index contributed by atoms with van der Waals surface area (Å²) in [5, 5.41) is 19.8. The van der Waals surface area contributed by atoms with Gasteiger partial charge in [-0.3, -0.25) is 4.79 Å². The lowest BCUT2D eigenvalue weighted by Gasteiger charge is -2.27. The van der Waals surface area contributed by atoms with E-state index in [1.807, 2.05) is 75.5 Å². The highest BCUT2D eigenvalue weighted by molar-refractivity contribution is 9.10. The lowest BCUT2D eigenvalue weighted by Crippen LogP contribution is -2.31. The summed E-state index contributed by atoms with van der Waals surface area (Å²) in [6, 6.07) is 19.0. The maximum absolute atomic E-state index is 12.1. The Labute approximate surface area is 175 Å². The Hall–Kier alpha value is -2.21. The van der Waals surface area contributed by atoms with Crippen molar-refractivity contribution in [3.63, 3.8) is 0 Å². The molecule has 0 aliphatic heterocycles. The topological polar surface area (TPSA) is 61.4 Å². The summed E-state index contributed by atoms with van der Waals surface area (Å²) in [4.78, 5) is 12.1. The Morgan fingerprint density at radius 3 is 2.39 bits per heavy atom. The number of nitrogens with one attached hydrogen (secondary N) is 2. The van der Waals surface area contributed by atoms with Crippen LogP contribution in [0.5, 0.6) is 0 Å². The molecule has 1 atom stereocenters. The van der Waals surface area contributed by atoms with Crippen molar-refractivity contribution in [2.75, 3.05) is 25.5 Å². The standard InChI is InChI=1S/C21H21BrN2O2.C2H6/c1-23-11-12-24-19-8-4-7-18(22)20(19)21(26,14-25)17-10-9-15-5-2-3-6-16(15)13-17;1-2/h2-10,13-14,23-24,26H,11-12H2,1H3;1-2H3. The Morgan fingerprint density at radius 1 is 1.00 bits per heavy atom. The lowest BCUT2D eigenvalue weighted by atomic mass is 9.85. The number of aliphatic hydroxyl groups is 1. The van der Waals surface area contributed by atoms with Crippen LogP contribution in [0.15, 0.2) is 65.1 Å². The van der Waals surface area contributed by atoms with Gasteiger partial charge in [0.15, 0.2) is 11.9 Å². The monoisotopic (exact) mass is 442 g/mol. The number of rotatable bonds is 7. The summed E-state index contributed by atoms with van der Waals surface area (Å²) in [7, 11) is 1.88. The van der Waals surface area contributed by atoms with Crippen LogP contribution in [0.25, 0.3) is 10.8 Å². The molecule has 28 heavy (non-hydrogen) atoms. The number of halogens is 1. The predicted molar refractivity (Wildman–Crippen MR) is 121 cm³/mol. The molecule has 0 saturated heterocycles. The minimum atomic E-state index is -1.76. The van der Waals surface area contributed by atoms with Gasteiger partial charge in [0.1, 0.15) is 0 Å². The molecule has 0 fully saturated rings. The summed E-state index contributed by atoms with van der Waals surface area (Å²) in [6.45, 7) is 5.44. The van der Waals surface area contributed by atoms with E-state index in [1.54, 1.807) is 6.07 Å². The fourth-order valence-electron chi connectivity index (χ4n) is 3.08. The molecule has 0 bridgehead atoms. The quantitative estimate of drug-likeness (QED) is 0.366. The Balaban J connectivity index is 0.00000136. The molecule has 0 saturated carbocycles. The van der Waals surface area contributed by atoms with E-state index >= 15 is 0 Å². The summed E-state index contributed by atoms with van der Waals surface area (Å²) in [5.74, 6) is 0. The summed E-state index contributed by atoms with van der Waals surface area (Å²) in [6.07, 6.45) is 0.598. The molecule has 0 aliphatic carbocycles. The Bertz CT molecular complexity index is 929. The first-order valence-corrected chi connectivity index (χ1v) is 10.2. The third-order valence-corrected chi connectivity index (χ3v) is 5.11. The molecule has 0 amide bonds. The fraction of sp³-hybridized carbons (Fsp3) is 0.261. The number of carbonyl (C=O) groups is 1. The van der Waals surface area contributed by atoms with Gasteiger partial charge in [-0.25, -0.2) is 0 Å². The number of carbonyl (C=O) groups excluding carboxylic acids is 1. The second-order valence-electron chi connectivity index (χ2n) is 6.14. The average molecular weight is 443 g/mol. The summed E-state index contributed by atoms with van der Waals surface area (Å²) >= 11 is 3.51. The van der Waals surface area contributed by atoms with Crippen LogP contribution in [0.2, 0.25) is 0 Å². The molecule has 3 N–H and O–H groups in total. The molecule has 0 spiro atoms. The smallest absolute Gasteiger partial charge is 0.173 e. The van der Waals surface area contributed by atoms with Gasteiger partial charge in [0.2, 0.25) is 0 Å². The van der Waals surface area contributed by atoms with Crippen LogP contribution in [0.3, 0.4) is 0 Å². The molecular weight excluding hydrogens is 416 g/mol. The Kier molecular flexibility index (Phi) is 8.18. The van der Waals surface area contributed by atoms with Crippen molar-refractivity contribution in [3.05, 3.63) is 76.3 Å². The van der Waals surface area contributed by atoms with Crippen molar-refractivity contribution in [3.8, 4) is 0 Å². The van der Waals surface area contributed by atoms with E-state index in [0.29, 0.717) is 28.4 Å². The minimum Gasteiger partial charge on any atom is -0.383 e. The first kappa shape index (κ1) is 22.1. The van der Waals surface area contributed by atoms with Crippen LogP contribution in [-0.2, 0) is 10.4 Å². The number of fused-ring (bicyclic) bond motifs is 1.